The monoisotopic (exact) mass is 283 g/mol. The minimum absolute atomic E-state index is 0.105. The first-order valence-corrected chi connectivity index (χ1v) is 5.39. The topological polar surface area (TPSA) is 91.3 Å². The lowest BCUT2D eigenvalue weighted by Crippen LogP contribution is -1.98. The summed E-state index contributed by atoms with van der Waals surface area (Å²) in [5.41, 5.74) is 5.10. The number of nitrogens with two attached hydrogens (primary N) is 1. The van der Waals surface area contributed by atoms with Gasteiger partial charge in [0.2, 0.25) is 5.88 Å². The number of benzene rings is 1. The third kappa shape index (κ3) is 2.89. The molecule has 0 amide bonds. The van der Waals surface area contributed by atoms with E-state index >= 15 is 0 Å². The van der Waals surface area contributed by atoms with Gasteiger partial charge in [-0.05, 0) is 12.1 Å². The highest BCUT2D eigenvalue weighted by Crippen LogP contribution is 2.29. The maximum Gasteiger partial charge on any atom is 0.278 e. The smallest absolute Gasteiger partial charge is 0.278 e. The molecule has 98 valence electrons. The van der Waals surface area contributed by atoms with E-state index in [0.29, 0.717) is 0 Å². The average Bonchev–Trinajstić information content (AvgIpc) is 2.34. The maximum absolute atomic E-state index is 13.6. The van der Waals surface area contributed by atoms with Gasteiger partial charge in [0.15, 0.2) is 11.6 Å². The minimum Gasteiger partial charge on any atom is -0.436 e. The zero-order valence-electron chi connectivity index (χ0n) is 9.34. The lowest BCUT2D eigenvalue weighted by Gasteiger charge is -2.07. The molecule has 0 atom stereocenters. The van der Waals surface area contributed by atoms with Crippen LogP contribution in [0.15, 0.2) is 30.3 Å². The molecule has 0 aliphatic carbocycles. The molecule has 0 fully saturated rings. The Labute approximate surface area is 111 Å². The highest BCUT2D eigenvalue weighted by Gasteiger charge is 2.14. The van der Waals surface area contributed by atoms with E-state index in [2.05, 4.69) is 4.98 Å². The van der Waals surface area contributed by atoms with Crippen LogP contribution in [-0.4, -0.2) is 9.91 Å². The maximum atomic E-state index is 13.6. The van der Waals surface area contributed by atoms with Crippen LogP contribution in [0.2, 0.25) is 5.02 Å². The number of anilines is 1. The van der Waals surface area contributed by atoms with E-state index in [0.717, 1.165) is 12.1 Å². The van der Waals surface area contributed by atoms with Crippen LogP contribution in [0.1, 0.15) is 0 Å². The predicted octanol–water partition coefficient (Wildman–Crippen LogP) is 3.16. The van der Waals surface area contributed by atoms with Gasteiger partial charge >= 0.3 is 0 Å². The fourth-order valence-electron chi connectivity index (χ4n) is 1.34. The van der Waals surface area contributed by atoms with E-state index in [-0.39, 0.29) is 28.2 Å². The molecule has 0 bridgehead atoms. The number of nitrogens with zero attached hydrogens (tertiary/aromatic N) is 2. The van der Waals surface area contributed by atoms with Gasteiger partial charge in [0.25, 0.3) is 5.69 Å². The summed E-state index contributed by atoms with van der Waals surface area (Å²) in [5.74, 6) is -1.27. The molecule has 1 aromatic heterocycles. The average molecular weight is 284 g/mol. The molecule has 2 aromatic rings. The molecule has 0 unspecified atom stereocenters. The number of aromatic nitrogens is 1. The normalized spacial score (nSPS) is 10.2. The van der Waals surface area contributed by atoms with E-state index in [1.165, 1.54) is 18.2 Å². The Hall–Kier alpha value is -2.41. The quantitative estimate of drug-likeness (QED) is 0.690. The van der Waals surface area contributed by atoms with E-state index in [1.54, 1.807) is 0 Å². The summed E-state index contributed by atoms with van der Waals surface area (Å²) in [4.78, 5) is 13.7. The molecule has 1 aromatic carbocycles. The van der Waals surface area contributed by atoms with Crippen molar-refractivity contribution in [2.75, 3.05) is 5.73 Å². The summed E-state index contributed by atoms with van der Waals surface area (Å²) < 4.78 is 18.7. The van der Waals surface area contributed by atoms with E-state index in [4.69, 9.17) is 22.1 Å². The number of hydrogen-bond donors (Lipinski definition) is 1. The van der Waals surface area contributed by atoms with Gasteiger partial charge in [0, 0.05) is 0 Å². The van der Waals surface area contributed by atoms with Crippen molar-refractivity contribution < 1.29 is 14.1 Å². The van der Waals surface area contributed by atoms with E-state index in [9.17, 15) is 14.5 Å². The molecule has 0 saturated heterocycles. The van der Waals surface area contributed by atoms with Gasteiger partial charge in [-0.25, -0.2) is 4.39 Å². The summed E-state index contributed by atoms with van der Waals surface area (Å²) >= 11 is 5.58. The first-order valence-electron chi connectivity index (χ1n) is 5.01. The highest BCUT2D eigenvalue weighted by molar-refractivity contribution is 6.30. The molecule has 2 N–H and O–H groups in total. The molecule has 8 heteroatoms. The van der Waals surface area contributed by atoms with Gasteiger partial charge in [0.05, 0.1) is 22.1 Å². The Morgan fingerprint density at radius 2 is 2.16 bits per heavy atom. The highest BCUT2D eigenvalue weighted by atomic mass is 35.5. The van der Waals surface area contributed by atoms with Crippen molar-refractivity contribution in [3.8, 4) is 11.6 Å². The second kappa shape index (κ2) is 5.07. The molecule has 19 heavy (non-hydrogen) atoms. The number of pyridine rings is 1. The Morgan fingerprint density at radius 3 is 2.84 bits per heavy atom. The van der Waals surface area contributed by atoms with Crippen LogP contribution >= 0.6 is 11.6 Å². The molecular formula is C11H7ClFN3O3. The minimum atomic E-state index is -0.781. The fourth-order valence-corrected chi connectivity index (χ4v) is 1.51. The fraction of sp³-hybridized carbons (Fsp3) is 0. The number of ether oxygens (including phenoxy) is 1. The second-order valence-corrected chi connectivity index (χ2v) is 3.91. The van der Waals surface area contributed by atoms with Crippen molar-refractivity contribution in [2.24, 2.45) is 0 Å². The van der Waals surface area contributed by atoms with E-state index in [1.807, 2.05) is 0 Å². The number of nitro groups is 1. The molecule has 0 radical (unpaired) electrons. The van der Waals surface area contributed by atoms with Crippen LogP contribution in [0.25, 0.3) is 0 Å². The van der Waals surface area contributed by atoms with Gasteiger partial charge < -0.3 is 10.5 Å². The number of hydrogen-bond acceptors (Lipinski definition) is 5. The molecule has 2 rings (SSSR count). The third-order valence-electron chi connectivity index (χ3n) is 2.15. The van der Waals surface area contributed by atoms with Gasteiger partial charge in [-0.1, -0.05) is 17.7 Å². The molecule has 0 spiro atoms. The standard InChI is InChI=1S/C11H7ClFN3O3/c12-7-2-1-3-8(11(7)13)19-10-5-6(16(17)18)4-9(14)15-10/h1-5H,(H2,14,15). The van der Waals surface area contributed by atoms with Crippen molar-refractivity contribution >= 4 is 23.1 Å². The van der Waals surface area contributed by atoms with E-state index < -0.39 is 10.7 Å². The molecule has 0 aliphatic rings. The second-order valence-electron chi connectivity index (χ2n) is 3.50. The summed E-state index contributed by atoms with van der Waals surface area (Å²) in [7, 11) is 0. The van der Waals surface area contributed by atoms with Gasteiger partial charge in [-0.15, -0.1) is 0 Å². The summed E-state index contributed by atoms with van der Waals surface area (Å²) in [6.45, 7) is 0. The van der Waals surface area contributed by atoms with Gasteiger partial charge in [-0.3, -0.25) is 10.1 Å². The third-order valence-corrected chi connectivity index (χ3v) is 2.44. The van der Waals surface area contributed by atoms with Crippen molar-refractivity contribution in [3.05, 3.63) is 51.3 Å². The first kappa shape index (κ1) is 13.0. The Kier molecular flexibility index (Phi) is 3.48. The summed E-state index contributed by atoms with van der Waals surface area (Å²) in [6.07, 6.45) is 0. The lowest BCUT2D eigenvalue weighted by atomic mass is 10.3. The van der Waals surface area contributed by atoms with Gasteiger partial charge in [0.1, 0.15) is 5.82 Å². The van der Waals surface area contributed by atoms with Crippen LogP contribution in [-0.2, 0) is 0 Å². The number of nitrogen functional groups attached to an aromatic ring is 1. The molecule has 1 heterocycles. The molecule has 0 aliphatic heterocycles. The summed E-state index contributed by atoms with van der Waals surface area (Å²) in [6, 6.07) is 6.25. The predicted molar refractivity (Wildman–Crippen MR) is 66.8 cm³/mol. The number of halogens is 2. The lowest BCUT2D eigenvalue weighted by molar-refractivity contribution is -0.384. The van der Waals surface area contributed by atoms with Crippen LogP contribution in [0.4, 0.5) is 15.9 Å². The molecular weight excluding hydrogens is 277 g/mol. The summed E-state index contributed by atoms with van der Waals surface area (Å²) in [5, 5.41) is 10.5. The Balaban J connectivity index is 2.38. The van der Waals surface area contributed by atoms with Gasteiger partial charge in [-0.2, -0.15) is 4.98 Å². The Morgan fingerprint density at radius 1 is 1.42 bits per heavy atom. The van der Waals surface area contributed by atoms with Crippen molar-refractivity contribution in [1.82, 2.24) is 4.98 Å². The van der Waals surface area contributed by atoms with Crippen molar-refractivity contribution in [3.63, 3.8) is 0 Å². The van der Waals surface area contributed by atoms with Crippen LogP contribution in [0, 0.1) is 15.9 Å². The van der Waals surface area contributed by atoms with Crippen LogP contribution < -0.4 is 10.5 Å². The first-order chi connectivity index (χ1) is 8.97. The number of rotatable bonds is 3. The SMILES string of the molecule is Nc1cc([N+](=O)[O-])cc(Oc2cccc(Cl)c2F)n1. The molecule has 6 nitrogen and oxygen atoms in total. The zero-order valence-corrected chi connectivity index (χ0v) is 10.1. The van der Waals surface area contributed by atoms with Crippen molar-refractivity contribution in [1.29, 1.82) is 0 Å². The van der Waals surface area contributed by atoms with Crippen LogP contribution in [0.3, 0.4) is 0 Å². The van der Waals surface area contributed by atoms with Crippen LogP contribution in [0.5, 0.6) is 11.6 Å². The van der Waals surface area contributed by atoms with Crippen molar-refractivity contribution in [2.45, 2.75) is 0 Å². The zero-order chi connectivity index (χ0) is 14.0. The Bertz CT molecular complexity index is 651. The largest absolute Gasteiger partial charge is 0.436 e. The molecule has 0 saturated carbocycles.